The number of rotatable bonds is 6. The fourth-order valence-corrected chi connectivity index (χ4v) is 2.35. The standard InChI is InChI=1S/C16H22N2O3/c1-13-6-2-3-7-14(13)21-12-15(19)17-9-8-16(20)18-10-4-5-11-18/h2-3,6-7H,4-5,8-12H2,1H3,(H,17,19). The van der Waals surface area contributed by atoms with Crippen LogP contribution >= 0.6 is 0 Å². The Balaban J connectivity index is 1.63. The molecule has 2 rings (SSSR count). The Bertz CT molecular complexity index is 496. The van der Waals surface area contributed by atoms with E-state index >= 15 is 0 Å². The maximum Gasteiger partial charge on any atom is 0.257 e. The molecule has 5 nitrogen and oxygen atoms in total. The van der Waals surface area contributed by atoms with Gasteiger partial charge < -0.3 is 15.0 Å². The van der Waals surface area contributed by atoms with E-state index in [1.54, 1.807) is 0 Å². The zero-order chi connectivity index (χ0) is 15.1. The van der Waals surface area contributed by atoms with E-state index in [4.69, 9.17) is 4.74 Å². The summed E-state index contributed by atoms with van der Waals surface area (Å²) < 4.78 is 5.45. The molecule has 2 amide bonds. The van der Waals surface area contributed by atoms with Crippen molar-refractivity contribution in [3.63, 3.8) is 0 Å². The van der Waals surface area contributed by atoms with Crippen LogP contribution in [0.5, 0.6) is 5.75 Å². The van der Waals surface area contributed by atoms with Gasteiger partial charge in [-0.2, -0.15) is 0 Å². The lowest BCUT2D eigenvalue weighted by molar-refractivity contribution is -0.130. The van der Waals surface area contributed by atoms with Gasteiger partial charge in [-0.3, -0.25) is 9.59 Å². The molecule has 1 aromatic carbocycles. The second-order valence-corrected chi connectivity index (χ2v) is 5.24. The van der Waals surface area contributed by atoms with E-state index in [0.29, 0.717) is 18.7 Å². The predicted octanol–water partition coefficient (Wildman–Crippen LogP) is 1.50. The Hall–Kier alpha value is -2.04. The number of benzene rings is 1. The number of aryl methyl sites for hydroxylation is 1. The first-order chi connectivity index (χ1) is 10.2. The van der Waals surface area contributed by atoms with Crippen molar-refractivity contribution in [3.8, 4) is 5.75 Å². The van der Waals surface area contributed by atoms with Gasteiger partial charge in [-0.15, -0.1) is 0 Å². The number of hydrogen-bond acceptors (Lipinski definition) is 3. The Kier molecular flexibility index (Phi) is 5.60. The zero-order valence-electron chi connectivity index (χ0n) is 12.4. The van der Waals surface area contributed by atoms with Gasteiger partial charge in [-0.05, 0) is 31.4 Å². The molecule has 0 atom stereocenters. The third-order valence-corrected chi connectivity index (χ3v) is 3.57. The number of ether oxygens (including phenoxy) is 1. The number of carbonyl (C=O) groups excluding carboxylic acids is 2. The van der Waals surface area contributed by atoms with Gasteiger partial charge >= 0.3 is 0 Å². The fourth-order valence-electron chi connectivity index (χ4n) is 2.35. The number of para-hydroxylation sites is 1. The average Bonchev–Trinajstić information content (AvgIpc) is 3.00. The Morgan fingerprint density at radius 2 is 1.95 bits per heavy atom. The van der Waals surface area contributed by atoms with E-state index in [1.165, 1.54) is 0 Å². The molecule has 1 saturated heterocycles. The molecule has 0 bridgehead atoms. The molecule has 0 aromatic heterocycles. The summed E-state index contributed by atoms with van der Waals surface area (Å²) in [5.41, 5.74) is 0.995. The van der Waals surface area contributed by atoms with Crippen LogP contribution in [0.25, 0.3) is 0 Å². The highest BCUT2D eigenvalue weighted by molar-refractivity contribution is 5.80. The topological polar surface area (TPSA) is 58.6 Å². The van der Waals surface area contributed by atoms with Crippen LogP contribution in [0, 0.1) is 6.92 Å². The number of likely N-dealkylation sites (tertiary alicyclic amines) is 1. The lowest BCUT2D eigenvalue weighted by Gasteiger charge is -2.15. The van der Waals surface area contributed by atoms with Gasteiger partial charge in [0.15, 0.2) is 6.61 Å². The smallest absolute Gasteiger partial charge is 0.257 e. The molecule has 1 heterocycles. The molecule has 0 radical (unpaired) electrons. The summed E-state index contributed by atoms with van der Waals surface area (Å²) in [6.07, 6.45) is 2.53. The lowest BCUT2D eigenvalue weighted by Crippen LogP contribution is -2.34. The van der Waals surface area contributed by atoms with Crippen LogP contribution in [-0.2, 0) is 9.59 Å². The van der Waals surface area contributed by atoms with Gasteiger partial charge in [-0.25, -0.2) is 0 Å². The molecule has 1 N–H and O–H groups in total. The van der Waals surface area contributed by atoms with Crippen LogP contribution in [0.1, 0.15) is 24.8 Å². The van der Waals surface area contributed by atoms with Crippen molar-refractivity contribution in [2.45, 2.75) is 26.2 Å². The maximum absolute atomic E-state index is 11.8. The highest BCUT2D eigenvalue weighted by Crippen LogP contribution is 2.15. The predicted molar refractivity (Wildman–Crippen MR) is 80.1 cm³/mol. The third-order valence-electron chi connectivity index (χ3n) is 3.57. The summed E-state index contributed by atoms with van der Waals surface area (Å²) in [5, 5.41) is 2.72. The van der Waals surface area contributed by atoms with E-state index in [0.717, 1.165) is 31.5 Å². The second-order valence-electron chi connectivity index (χ2n) is 5.24. The van der Waals surface area contributed by atoms with Crippen LogP contribution < -0.4 is 10.1 Å². The van der Waals surface area contributed by atoms with Crippen molar-refractivity contribution in [2.24, 2.45) is 0 Å². The first-order valence-corrected chi connectivity index (χ1v) is 7.40. The number of hydrogen-bond donors (Lipinski definition) is 1. The molecule has 1 fully saturated rings. The first-order valence-electron chi connectivity index (χ1n) is 7.40. The van der Waals surface area contributed by atoms with Gasteiger partial charge in [0, 0.05) is 26.1 Å². The van der Waals surface area contributed by atoms with Crippen molar-refractivity contribution in [2.75, 3.05) is 26.2 Å². The monoisotopic (exact) mass is 290 g/mol. The van der Waals surface area contributed by atoms with Crippen molar-refractivity contribution in [1.29, 1.82) is 0 Å². The van der Waals surface area contributed by atoms with Crippen molar-refractivity contribution < 1.29 is 14.3 Å². The summed E-state index contributed by atoms with van der Waals surface area (Å²) in [4.78, 5) is 25.3. The molecule has 0 saturated carbocycles. The molecular weight excluding hydrogens is 268 g/mol. The van der Waals surface area contributed by atoms with Gasteiger partial charge in [0.2, 0.25) is 5.91 Å². The summed E-state index contributed by atoms with van der Waals surface area (Å²) in [5.74, 6) is 0.626. The van der Waals surface area contributed by atoms with Crippen molar-refractivity contribution >= 4 is 11.8 Å². The molecule has 0 spiro atoms. The number of nitrogens with zero attached hydrogens (tertiary/aromatic N) is 1. The Morgan fingerprint density at radius 3 is 2.67 bits per heavy atom. The molecule has 1 aliphatic rings. The number of carbonyl (C=O) groups is 2. The van der Waals surface area contributed by atoms with Crippen LogP contribution in [0.4, 0.5) is 0 Å². The minimum absolute atomic E-state index is 0.0250. The van der Waals surface area contributed by atoms with E-state index in [1.807, 2.05) is 36.1 Å². The van der Waals surface area contributed by atoms with E-state index < -0.39 is 0 Å². The average molecular weight is 290 g/mol. The summed E-state index contributed by atoms with van der Waals surface area (Å²) in [6.45, 7) is 3.97. The SMILES string of the molecule is Cc1ccccc1OCC(=O)NCCC(=O)N1CCCC1. The quantitative estimate of drug-likeness (QED) is 0.864. The van der Waals surface area contributed by atoms with Gasteiger partial charge in [0.25, 0.3) is 5.91 Å². The second kappa shape index (κ2) is 7.67. The Labute approximate surface area is 125 Å². The van der Waals surface area contributed by atoms with E-state index in [2.05, 4.69) is 5.32 Å². The normalized spacial score (nSPS) is 14.0. The van der Waals surface area contributed by atoms with E-state index in [9.17, 15) is 9.59 Å². The fraction of sp³-hybridized carbons (Fsp3) is 0.500. The highest BCUT2D eigenvalue weighted by Gasteiger charge is 2.17. The van der Waals surface area contributed by atoms with Gasteiger partial charge in [0.1, 0.15) is 5.75 Å². The Morgan fingerprint density at radius 1 is 1.24 bits per heavy atom. The van der Waals surface area contributed by atoms with Crippen LogP contribution in [-0.4, -0.2) is 43.0 Å². The van der Waals surface area contributed by atoms with Crippen LogP contribution in [0.2, 0.25) is 0 Å². The van der Waals surface area contributed by atoms with E-state index in [-0.39, 0.29) is 18.4 Å². The molecule has 0 aliphatic carbocycles. The number of nitrogens with one attached hydrogen (secondary N) is 1. The van der Waals surface area contributed by atoms with Gasteiger partial charge in [0.05, 0.1) is 0 Å². The third kappa shape index (κ3) is 4.77. The largest absolute Gasteiger partial charge is 0.484 e. The van der Waals surface area contributed by atoms with Crippen LogP contribution in [0.3, 0.4) is 0 Å². The van der Waals surface area contributed by atoms with Crippen molar-refractivity contribution in [3.05, 3.63) is 29.8 Å². The molecule has 21 heavy (non-hydrogen) atoms. The molecule has 114 valence electrons. The van der Waals surface area contributed by atoms with Crippen LogP contribution in [0.15, 0.2) is 24.3 Å². The van der Waals surface area contributed by atoms with Gasteiger partial charge in [-0.1, -0.05) is 18.2 Å². The minimum Gasteiger partial charge on any atom is -0.484 e. The zero-order valence-corrected chi connectivity index (χ0v) is 12.4. The maximum atomic E-state index is 11.8. The number of amides is 2. The lowest BCUT2D eigenvalue weighted by atomic mass is 10.2. The first kappa shape index (κ1) is 15.4. The highest BCUT2D eigenvalue weighted by atomic mass is 16.5. The molecule has 1 aliphatic heterocycles. The molecular formula is C16H22N2O3. The molecule has 0 unspecified atom stereocenters. The summed E-state index contributed by atoms with van der Waals surface area (Å²) in [6, 6.07) is 7.56. The molecule has 1 aromatic rings. The van der Waals surface area contributed by atoms with Crippen molar-refractivity contribution in [1.82, 2.24) is 10.2 Å². The molecule has 5 heteroatoms. The minimum atomic E-state index is -0.201. The summed E-state index contributed by atoms with van der Waals surface area (Å²) in [7, 11) is 0. The summed E-state index contributed by atoms with van der Waals surface area (Å²) >= 11 is 0.